The van der Waals surface area contributed by atoms with Gasteiger partial charge >= 0.3 is 0 Å². The third-order valence-corrected chi connectivity index (χ3v) is 5.45. The van der Waals surface area contributed by atoms with E-state index < -0.39 is 6.10 Å². The molecule has 0 aliphatic rings. The second kappa shape index (κ2) is 8.53. The average Bonchev–Trinajstić information content (AvgIpc) is 3.06. The number of β-amino-alcohol motifs (C(OH)–C–C–N with tert-alkyl or cyclic N) is 1. The second-order valence-electron chi connectivity index (χ2n) is 7.29. The van der Waals surface area contributed by atoms with E-state index in [-0.39, 0.29) is 12.1 Å². The number of hydrogen-bond donors (Lipinski definition) is 2. The van der Waals surface area contributed by atoms with Crippen LogP contribution < -0.4 is 10.1 Å². The van der Waals surface area contributed by atoms with Gasteiger partial charge in [-0.15, -0.1) is 11.3 Å². The third kappa shape index (κ3) is 5.54. The van der Waals surface area contributed by atoms with Crippen LogP contribution in [-0.2, 0) is 6.42 Å². The molecule has 2 aromatic carbocycles. The number of thiophene rings is 1. The minimum absolute atomic E-state index is 0.129. The predicted octanol–water partition coefficient (Wildman–Crippen LogP) is 4.12. The fraction of sp³-hybridized carbons (Fsp3) is 0.318. The lowest BCUT2D eigenvalue weighted by atomic mass is 9.99. The van der Waals surface area contributed by atoms with Crippen LogP contribution in [0.5, 0.6) is 5.75 Å². The van der Waals surface area contributed by atoms with E-state index in [2.05, 4.69) is 55.6 Å². The summed E-state index contributed by atoms with van der Waals surface area (Å²) in [4.78, 5) is 1.33. The maximum Gasteiger partial charge on any atom is 0.119 e. The van der Waals surface area contributed by atoms with Crippen molar-refractivity contribution in [1.29, 1.82) is 5.26 Å². The molecule has 5 heteroatoms. The van der Waals surface area contributed by atoms with Gasteiger partial charge in [0.25, 0.3) is 0 Å². The van der Waals surface area contributed by atoms with Gasteiger partial charge in [0.05, 0.1) is 11.6 Å². The molecule has 0 radical (unpaired) electrons. The Balaban J connectivity index is 1.47. The van der Waals surface area contributed by atoms with E-state index in [4.69, 9.17) is 10.00 Å². The molecule has 0 spiro atoms. The van der Waals surface area contributed by atoms with E-state index in [0.29, 0.717) is 17.9 Å². The normalized spacial score (nSPS) is 12.7. The van der Waals surface area contributed by atoms with Crippen molar-refractivity contribution in [1.82, 2.24) is 5.32 Å². The van der Waals surface area contributed by atoms with E-state index >= 15 is 0 Å². The van der Waals surface area contributed by atoms with Gasteiger partial charge in [-0.2, -0.15) is 5.26 Å². The van der Waals surface area contributed by atoms with E-state index in [1.807, 2.05) is 11.3 Å². The number of aliphatic hydroxyl groups excluding tert-OH is 1. The van der Waals surface area contributed by atoms with Crippen molar-refractivity contribution in [2.75, 3.05) is 13.2 Å². The van der Waals surface area contributed by atoms with Crippen LogP contribution in [0.2, 0.25) is 0 Å². The summed E-state index contributed by atoms with van der Waals surface area (Å²) in [6.07, 6.45) is 0.289. The largest absolute Gasteiger partial charge is 0.491 e. The van der Waals surface area contributed by atoms with Crippen molar-refractivity contribution in [2.45, 2.75) is 31.9 Å². The molecular weight excluding hydrogens is 356 g/mol. The van der Waals surface area contributed by atoms with Crippen molar-refractivity contribution in [3.05, 3.63) is 65.0 Å². The zero-order chi connectivity index (χ0) is 19.3. The molecule has 0 saturated heterocycles. The Bertz CT molecular complexity index is 892. The van der Waals surface area contributed by atoms with Crippen molar-refractivity contribution in [3.8, 4) is 11.8 Å². The van der Waals surface area contributed by atoms with E-state index in [1.165, 1.54) is 15.0 Å². The molecule has 3 aromatic rings. The Morgan fingerprint density at radius 3 is 2.63 bits per heavy atom. The lowest BCUT2D eigenvalue weighted by Crippen LogP contribution is -2.46. The number of nitrogens with zero attached hydrogens (tertiary/aromatic N) is 1. The van der Waals surface area contributed by atoms with Crippen molar-refractivity contribution < 1.29 is 9.84 Å². The summed E-state index contributed by atoms with van der Waals surface area (Å²) < 4.78 is 6.90. The summed E-state index contributed by atoms with van der Waals surface area (Å²) >= 11 is 1.82. The molecule has 1 atom stereocenters. The van der Waals surface area contributed by atoms with Crippen LogP contribution in [0, 0.1) is 11.3 Å². The summed E-state index contributed by atoms with van der Waals surface area (Å²) in [6, 6.07) is 19.6. The Morgan fingerprint density at radius 2 is 1.93 bits per heavy atom. The quantitative estimate of drug-likeness (QED) is 0.617. The molecule has 1 aromatic heterocycles. The molecule has 140 valence electrons. The highest BCUT2D eigenvalue weighted by molar-refractivity contribution is 7.19. The molecule has 4 nitrogen and oxygen atoms in total. The highest BCUT2D eigenvalue weighted by Crippen LogP contribution is 2.28. The fourth-order valence-corrected chi connectivity index (χ4v) is 4.19. The first-order valence-electron chi connectivity index (χ1n) is 8.99. The number of aliphatic hydroxyl groups is 1. The lowest BCUT2D eigenvalue weighted by molar-refractivity contribution is 0.0989. The number of fused-ring (bicyclic) bond motifs is 1. The molecule has 0 fully saturated rings. The Labute approximate surface area is 164 Å². The molecule has 1 unspecified atom stereocenters. The summed E-state index contributed by atoms with van der Waals surface area (Å²) in [5, 5.41) is 23.7. The molecule has 0 aliphatic heterocycles. The van der Waals surface area contributed by atoms with Gasteiger partial charge in [-0.3, -0.25) is 0 Å². The summed E-state index contributed by atoms with van der Waals surface area (Å²) in [5.74, 6) is 0.651. The zero-order valence-electron chi connectivity index (χ0n) is 15.6. The van der Waals surface area contributed by atoms with Crippen LogP contribution in [0.4, 0.5) is 0 Å². The molecule has 0 bridgehead atoms. The van der Waals surface area contributed by atoms with Crippen LogP contribution in [0.15, 0.2) is 54.6 Å². The Kier molecular flexibility index (Phi) is 6.12. The number of nitrogens with one attached hydrogen (secondary N) is 1. The van der Waals surface area contributed by atoms with Crippen LogP contribution in [-0.4, -0.2) is 29.9 Å². The fourth-order valence-electron chi connectivity index (χ4n) is 2.89. The number of nitriles is 1. The van der Waals surface area contributed by atoms with Crippen LogP contribution >= 0.6 is 11.3 Å². The van der Waals surface area contributed by atoms with E-state index in [0.717, 1.165) is 6.42 Å². The van der Waals surface area contributed by atoms with Crippen molar-refractivity contribution in [3.63, 3.8) is 0 Å². The number of rotatable bonds is 8. The molecular formula is C22H24N2O2S. The van der Waals surface area contributed by atoms with Gasteiger partial charge in [-0.1, -0.05) is 18.2 Å². The molecule has 0 aliphatic carbocycles. The van der Waals surface area contributed by atoms with Gasteiger partial charge in [-0.25, -0.2) is 0 Å². The molecule has 1 heterocycles. The SMILES string of the molecule is CC(C)(Cc1cc2ccccc2s1)NCC(O)COc1ccc(C#N)cc1. The summed E-state index contributed by atoms with van der Waals surface area (Å²) in [5.41, 5.74) is 0.462. The van der Waals surface area contributed by atoms with Crippen LogP contribution in [0.1, 0.15) is 24.3 Å². The van der Waals surface area contributed by atoms with Crippen LogP contribution in [0.25, 0.3) is 10.1 Å². The monoisotopic (exact) mass is 380 g/mol. The molecule has 0 amide bonds. The van der Waals surface area contributed by atoms with Crippen molar-refractivity contribution in [2.24, 2.45) is 0 Å². The number of hydrogen-bond acceptors (Lipinski definition) is 5. The molecule has 2 N–H and O–H groups in total. The maximum atomic E-state index is 10.2. The third-order valence-electron chi connectivity index (χ3n) is 4.33. The highest BCUT2D eigenvalue weighted by Gasteiger charge is 2.20. The molecule has 3 rings (SSSR count). The van der Waals surface area contributed by atoms with Gasteiger partial charge in [0.15, 0.2) is 0 Å². The minimum atomic E-state index is -0.609. The highest BCUT2D eigenvalue weighted by atomic mass is 32.1. The van der Waals surface area contributed by atoms with Gasteiger partial charge in [0.2, 0.25) is 0 Å². The molecule has 0 saturated carbocycles. The zero-order valence-corrected chi connectivity index (χ0v) is 16.4. The van der Waals surface area contributed by atoms with Gasteiger partial charge in [0.1, 0.15) is 18.5 Å². The molecule has 27 heavy (non-hydrogen) atoms. The first kappa shape index (κ1) is 19.4. The summed E-state index contributed by atoms with van der Waals surface area (Å²) in [7, 11) is 0. The topological polar surface area (TPSA) is 65.3 Å². The van der Waals surface area contributed by atoms with E-state index in [1.54, 1.807) is 24.3 Å². The van der Waals surface area contributed by atoms with Gasteiger partial charge in [-0.05, 0) is 62.1 Å². The van der Waals surface area contributed by atoms with Gasteiger partial charge in [0, 0.05) is 21.7 Å². The van der Waals surface area contributed by atoms with Crippen LogP contribution in [0.3, 0.4) is 0 Å². The second-order valence-corrected chi connectivity index (χ2v) is 8.46. The Hall–Kier alpha value is -2.39. The van der Waals surface area contributed by atoms with E-state index in [9.17, 15) is 5.11 Å². The standard InChI is InChI=1S/C22H24N2O2S/c1-22(2,12-20-11-17-5-3-4-6-21(17)27-20)24-14-18(25)15-26-19-9-7-16(13-23)8-10-19/h3-11,18,24-25H,12,14-15H2,1-2H3. The maximum absolute atomic E-state index is 10.2. The average molecular weight is 381 g/mol. The number of ether oxygens (including phenoxy) is 1. The first-order chi connectivity index (χ1) is 12.9. The number of benzene rings is 2. The lowest BCUT2D eigenvalue weighted by Gasteiger charge is -2.27. The smallest absolute Gasteiger partial charge is 0.119 e. The predicted molar refractivity (Wildman–Crippen MR) is 110 cm³/mol. The van der Waals surface area contributed by atoms with Crippen molar-refractivity contribution >= 4 is 21.4 Å². The van der Waals surface area contributed by atoms with Gasteiger partial charge < -0.3 is 15.2 Å². The Morgan fingerprint density at radius 1 is 1.19 bits per heavy atom. The first-order valence-corrected chi connectivity index (χ1v) is 9.80. The summed E-state index contributed by atoms with van der Waals surface area (Å²) in [6.45, 7) is 4.95. The minimum Gasteiger partial charge on any atom is -0.491 e.